The van der Waals surface area contributed by atoms with Crippen LogP contribution in [0.15, 0.2) is 6.20 Å². The minimum Gasteiger partial charge on any atom is -0.268 e. The van der Waals surface area contributed by atoms with Gasteiger partial charge in [0.2, 0.25) is 10.0 Å². The second kappa shape index (κ2) is 4.33. The number of aromatic nitrogens is 4. The summed E-state index contributed by atoms with van der Waals surface area (Å²) >= 11 is 0. The third-order valence-electron chi connectivity index (χ3n) is 2.29. The summed E-state index contributed by atoms with van der Waals surface area (Å²) in [6.07, 6.45) is 2.72. The van der Waals surface area contributed by atoms with Crippen LogP contribution in [-0.2, 0) is 16.4 Å². The minimum absolute atomic E-state index is 0.135. The number of rotatable bonds is 3. The van der Waals surface area contributed by atoms with E-state index in [-0.39, 0.29) is 5.56 Å². The van der Waals surface area contributed by atoms with Crippen molar-refractivity contribution in [3.63, 3.8) is 0 Å². The SMILES string of the molecule is CCc1n[nH]c2nncc(C(=O)NS(C)(=O)=O)c12. The lowest BCUT2D eigenvalue weighted by Crippen LogP contribution is -2.29. The highest BCUT2D eigenvalue weighted by Crippen LogP contribution is 2.18. The number of aryl methyl sites for hydroxylation is 1. The van der Waals surface area contributed by atoms with E-state index < -0.39 is 15.9 Å². The maximum Gasteiger partial charge on any atom is 0.267 e. The van der Waals surface area contributed by atoms with Gasteiger partial charge in [-0.15, -0.1) is 5.10 Å². The van der Waals surface area contributed by atoms with Crippen molar-refractivity contribution < 1.29 is 13.2 Å². The molecule has 0 saturated carbocycles. The molecule has 0 aliphatic rings. The summed E-state index contributed by atoms with van der Waals surface area (Å²) in [5.41, 5.74) is 1.13. The third-order valence-corrected chi connectivity index (χ3v) is 2.85. The molecule has 96 valence electrons. The van der Waals surface area contributed by atoms with Crippen LogP contribution in [0.1, 0.15) is 23.0 Å². The highest BCUT2D eigenvalue weighted by molar-refractivity contribution is 7.89. The maximum absolute atomic E-state index is 11.8. The first-order valence-electron chi connectivity index (χ1n) is 5.13. The van der Waals surface area contributed by atoms with E-state index in [1.807, 2.05) is 11.6 Å². The lowest BCUT2D eigenvalue weighted by molar-refractivity contribution is 0.0983. The van der Waals surface area contributed by atoms with Crippen molar-refractivity contribution in [1.29, 1.82) is 0 Å². The van der Waals surface area contributed by atoms with E-state index in [9.17, 15) is 13.2 Å². The van der Waals surface area contributed by atoms with Crippen LogP contribution < -0.4 is 4.72 Å². The molecule has 0 bridgehead atoms. The molecule has 2 aromatic rings. The molecule has 1 amide bonds. The highest BCUT2D eigenvalue weighted by Gasteiger charge is 2.18. The van der Waals surface area contributed by atoms with E-state index in [1.165, 1.54) is 6.20 Å². The average Bonchev–Trinajstić information content (AvgIpc) is 2.69. The minimum atomic E-state index is -3.62. The van der Waals surface area contributed by atoms with Gasteiger partial charge < -0.3 is 0 Å². The van der Waals surface area contributed by atoms with Gasteiger partial charge in [-0.25, -0.2) is 13.1 Å². The standard InChI is InChI=1S/C9H11N5O3S/c1-3-6-7-5(9(15)14-18(2,16)17)4-10-12-8(7)13-11-6/h4H,3H2,1-2H3,(H,14,15)(H,11,12,13). The zero-order valence-corrected chi connectivity index (χ0v) is 10.6. The number of carbonyl (C=O) groups excluding carboxylic acids is 1. The van der Waals surface area contributed by atoms with E-state index in [4.69, 9.17) is 0 Å². The Kier molecular flexibility index (Phi) is 2.99. The Morgan fingerprint density at radius 3 is 2.83 bits per heavy atom. The molecule has 0 aromatic carbocycles. The first-order chi connectivity index (χ1) is 8.42. The topological polar surface area (TPSA) is 118 Å². The molecule has 2 N–H and O–H groups in total. The number of fused-ring (bicyclic) bond motifs is 1. The van der Waals surface area contributed by atoms with Crippen LogP contribution in [0.3, 0.4) is 0 Å². The van der Waals surface area contributed by atoms with Gasteiger partial charge >= 0.3 is 0 Å². The number of aromatic amines is 1. The number of hydrogen-bond acceptors (Lipinski definition) is 6. The summed E-state index contributed by atoms with van der Waals surface area (Å²) in [4.78, 5) is 11.8. The third kappa shape index (κ3) is 2.30. The Morgan fingerprint density at radius 1 is 1.50 bits per heavy atom. The molecular weight excluding hydrogens is 258 g/mol. The molecule has 0 spiro atoms. The van der Waals surface area contributed by atoms with E-state index >= 15 is 0 Å². The zero-order valence-electron chi connectivity index (χ0n) is 9.76. The Balaban J connectivity index is 2.57. The smallest absolute Gasteiger partial charge is 0.267 e. The van der Waals surface area contributed by atoms with Crippen LogP contribution in [0.4, 0.5) is 0 Å². The molecule has 2 rings (SSSR count). The second-order valence-corrected chi connectivity index (χ2v) is 5.46. The summed E-state index contributed by atoms with van der Waals surface area (Å²) < 4.78 is 24.0. The van der Waals surface area contributed by atoms with Crippen molar-refractivity contribution in [2.24, 2.45) is 0 Å². The number of H-pyrrole nitrogens is 1. The molecule has 0 saturated heterocycles. The molecule has 9 heteroatoms. The van der Waals surface area contributed by atoms with Crippen molar-refractivity contribution in [3.8, 4) is 0 Å². The number of carbonyl (C=O) groups is 1. The van der Waals surface area contributed by atoms with Gasteiger partial charge in [0.15, 0.2) is 5.65 Å². The normalized spacial score (nSPS) is 11.7. The quantitative estimate of drug-likeness (QED) is 0.783. The van der Waals surface area contributed by atoms with Crippen LogP contribution >= 0.6 is 0 Å². The molecule has 2 heterocycles. The molecule has 0 radical (unpaired) electrons. The van der Waals surface area contributed by atoms with Crippen LogP contribution in [0.2, 0.25) is 0 Å². The van der Waals surface area contributed by atoms with Crippen LogP contribution in [-0.4, -0.2) is 41.0 Å². The molecule has 0 fully saturated rings. The van der Waals surface area contributed by atoms with Gasteiger partial charge in [0.1, 0.15) is 0 Å². The number of sulfonamides is 1. The number of amides is 1. The highest BCUT2D eigenvalue weighted by atomic mass is 32.2. The molecule has 8 nitrogen and oxygen atoms in total. The predicted molar refractivity (Wildman–Crippen MR) is 63.4 cm³/mol. The molecule has 0 aliphatic heterocycles. The Labute approximate surface area is 103 Å². The van der Waals surface area contributed by atoms with Gasteiger partial charge in [-0.1, -0.05) is 6.92 Å². The Bertz CT molecular complexity index is 706. The van der Waals surface area contributed by atoms with E-state index in [0.717, 1.165) is 6.26 Å². The summed E-state index contributed by atoms with van der Waals surface area (Å²) in [6, 6.07) is 0. The number of nitrogens with one attached hydrogen (secondary N) is 2. The number of hydrogen-bond donors (Lipinski definition) is 2. The molecule has 0 atom stereocenters. The predicted octanol–water partition coefficient (Wildman–Crippen LogP) is -0.395. The van der Waals surface area contributed by atoms with Crippen molar-refractivity contribution in [1.82, 2.24) is 25.1 Å². The number of nitrogens with zero attached hydrogens (tertiary/aromatic N) is 3. The van der Waals surface area contributed by atoms with Gasteiger partial charge in [0.25, 0.3) is 5.91 Å². The molecule has 0 unspecified atom stereocenters. The monoisotopic (exact) mass is 269 g/mol. The first kappa shape index (κ1) is 12.4. The van der Waals surface area contributed by atoms with Crippen molar-refractivity contribution in [2.75, 3.05) is 6.26 Å². The summed E-state index contributed by atoms with van der Waals surface area (Å²) in [5, 5.41) is 14.6. The molecule has 0 aliphatic carbocycles. The van der Waals surface area contributed by atoms with Gasteiger partial charge in [0, 0.05) is 0 Å². The van der Waals surface area contributed by atoms with Crippen molar-refractivity contribution in [2.45, 2.75) is 13.3 Å². The van der Waals surface area contributed by atoms with Crippen LogP contribution in [0, 0.1) is 0 Å². The van der Waals surface area contributed by atoms with E-state index in [2.05, 4.69) is 20.4 Å². The molecular formula is C9H11N5O3S. The first-order valence-corrected chi connectivity index (χ1v) is 7.02. The van der Waals surface area contributed by atoms with E-state index in [0.29, 0.717) is 23.1 Å². The zero-order chi connectivity index (χ0) is 13.3. The fourth-order valence-electron chi connectivity index (χ4n) is 1.58. The van der Waals surface area contributed by atoms with Gasteiger partial charge in [0.05, 0.1) is 29.1 Å². The van der Waals surface area contributed by atoms with Gasteiger partial charge in [-0.2, -0.15) is 10.2 Å². The summed E-state index contributed by atoms with van der Waals surface area (Å²) in [5.74, 6) is -0.742. The lowest BCUT2D eigenvalue weighted by atomic mass is 10.1. The largest absolute Gasteiger partial charge is 0.268 e. The van der Waals surface area contributed by atoms with Crippen LogP contribution in [0.5, 0.6) is 0 Å². The maximum atomic E-state index is 11.8. The summed E-state index contributed by atoms with van der Waals surface area (Å²) in [7, 11) is -3.62. The Hall–Kier alpha value is -2.03. The Morgan fingerprint density at radius 2 is 2.22 bits per heavy atom. The second-order valence-electron chi connectivity index (χ2n) is 3.71. The average molecular weight is 269 g/mol. The van der Waals surface area contributed by atoms with Crippen molar-refractivity contribution in [3.05, 3.63) is 17.5 Å². The molecule has 2 aromatic heterocycles. The fourth-order valence-corrected chi connectivity index (χ4v) is 2.03. The van der Waals surface area contributed by atoms with Gasteiger partial charge in [-0.3, -0.25) is 9.89 Å². The van der Waals surface area contributed by atoms with E-state index in [1.54, 1.807) is 0 Å². The fraction of sp³-hybridized carbons (Fsp3) is 0.333. The van der Waals surface area contributed by atoms with Crippen molar-refractivity contribution >= 4 is 27.0 Å². The molecule has 18 heavy (non-hydrogen) atoms. The lowest BCUT2D eigenvalue weighted by Gasteiger charge is -2.03. The van der Waals surface area contributed by atoms with Crippen LogP contribution in [0.25, 0.3) is 11.0 Å². The van der Waals surface area contributed by atoms with Gasteiger partial charge in [-0.05, 0) is 6.42 Å². The summed E-state index contributed by atoms with van der Waals surface area (Å²) in [6.45, 7) is 1.87.